The van der Waals surface area contributed by atoms with Crippen LogP contribution in [0.2, 0.25) is 0 Å². The highest BCUT2D eigenvalue weighted by atomic mass is 16.5. The molecule has 1 aliphatic rings. The van der Waals surface area contributed by atoms with Crippen LogP contribution in [-0.4, -0.2) is 47.1 Å². The molecule has 5 rings (SSSR count). The van der Waals surface area contributed by atoms with E-state index in [1.807, 2.05) is 59.3 Å². The van der Waals surface area contributed by atoms with Gasteiger partial charge in [-0.05, 0) is 18.1 Å². The molecule has 0 spiro atoms. The van der Waals surface area contributed by atoms with Crippen LogP contribution in [0, 0.1) is 6.92 Å². The summed E-state index contributed by atoms with van der Waals surface area (Å²) in [6.07, 6.45) is 1.82. The van der Waals surface area contributed by atoms with Gasteiger partial charge in [-0.2, -0.15) is 14.7 Å². The summed E-state index contributed by atoms with van der Waals surface area (Å²) in [4.78, 5) is 7.02. The Morgan fingerprint density at radius 3 is 2.58 bits per heavy atom. The minimum Gasteiger partial charge on any atom is -0.378 e. The molecule has 1 fully saturated rings. The summed E-state index contributed by atoms with van der Waals surface area (Å²) in [5.74, 6) is 1.66. The van der Waals surface area contributed by atoms with Gasteiger partial charge >= 0.3 is 0 Å². The number of hydrazone groups is 1. The Kier molecular flexibility index (Phi) is 5.33. The lowest BCUT2D eigenvalue weighted by molar-refractivity contribution is 0.122. The average molecular weight is 412 g/mol. The first kappa shape index (κ1) is 19.3. The van der Waals surface area contributed by atoms with Gasteiger partial charge in [0.2, 0.25) is 0 Å². The molecule has 2 aromatic heterocycles. The first-order valence-electron chi connectivity index (χ1n) is 10.4. The van der Waals surface area contributed by atoms with Gasteiger partial charge in [0.25, 0.3) is 0 Å². The van der Waals surface area contributed by atoms with Crippen molar-refractivity contribution >= 4 is 23.5 Å². The number of hydrogen-bond acceptors (Lipinski definition) is 6. The molecule has 1 N–H and O–H groups in total. The van der Waals surface area contributed by atoms with Crippen molar-refractivity contribution in [2.45, 2.75) is 6.92 Å². The quantitative estimate of drug-likeness (QED) is 0.397. The molecule has 0 unspecified atom stereocenters. The van der Waals surface area contributed by atoms with E-state index < -0.39 is 0 Å². The molecule has 0 radical (unpaired) electrons. The Balaban J connectivity index is 1.51. The first-order chi connectivity index (χ1) is 15.3. The normalized spacial score (nSPS) is 14.4. The largest absolute Gasteiger partial charge is 0.378 e. The van der Waals surface area contributed by atoms with E-state index in [0.717, 1.165) is 41.4 Å². The van der Waals surface area contributed by atoms with Gasteiger partial charge in [-0.15, -0.1) is 0 Å². The summed E-state index contributed by atoms with van der Waals surface area (Å²) in [5.41, 5.74) is 8.07. The fourth-order valence-corrected chi connectivity index (χ4v) is 3.68. The molecule has 156 valence electrons. The Bertz CT molecular complexity index is 1210. The topological polar surface area (TPSA) is 67.0 Å². The molecular weight excluding hydrogens is 388 g/mol. The van der Waals surface area contributed by atoms with Crippen LogP contribution in [0.5, 0.6) is 0 Å². The summed E-state index contributed by atoms with van der Waals surface area (Å²) in [6, 6.07) is 22.3. The average Bonchev–Trinajstić information content (AvgIpc) is 3.25. The van der Waals surface area contributed by atoms with E-state index in [2.05, 4.69) is 40.5 Å². The summed E-state index contributed by atoms with van der Waals surface area (Å²) >= 11 is 0. The molecule has 0 aliphatic carbocycles. The molecule has 4 aromatic rings. The number of benzene rings is 2. The second-order valence-corrected chi connectivity index (χ2v) is 7.49. The van der Waals surface area contributed by atoms with Crippen molar-refractivity contribution in [1.82, 2.24) is 14.6 Å². The number of nitrogens with zero attached hydrogens (tertiary/aromatic N) is 5. The maximum absolute atomic E-state index is 5.54. The third-order valence-corrected chi connectivity index (χ3v) is 5.38. The zero-order chi connectivity index (χ0) is 21.0. The van der Waals surface area contributed by atoms with Gasteiger partial charge in [0, 0.05) is 30.8 Å². The van der Waals surface area contributed by atoms with E-state index in [9.17, 15) is 0 Å². The molecule has 7 nitrogen and oxygen atoms in total. The molecule has 1 saturated heterocycles. The van der Waals surface area contributed by atoms with E-state index in [0.29, 0.717) is 19.0 Å². The van der Waals surface area contributed by atoms with Crippen LogP contribution in [0.25, 0.3) is 16.9 Å². The molecule has 1 aliphatic heterocycles. The summed E-state index contributed by atoms with van der Waals surface area (Å²) < 4.78 is 7.44. The van der Waals surface area contributed by atoms with Crippen molar-refractivity contribution in [1.29, 1.82) is 0 Å². The number of fused-ring (bicyclic) bond motifs is 1. The maximum atomic E-state index is 5.54. The van der Waals surface area contributed by atoms with Crippen LogP contribution in [-0.2, 0) is 4.74 Å². The Hall–Kier alpha value is -3.71. The van der Waals surface area contributed by atoms with Crippen molar-refractivity contribution in [3.63, 3.8) is 0 Å². The third kappa shape index (κ3) is 4.13. The smallest absolute Gasteiger partial charge is 0.160 e. The number of aromatic nitrogens is 3. The van der Waals surface area contributed by atoms with Crippen molar-refractivity contribution < 1.29 is 4.74 Å². The number of rotatable bonds is 5. The van der Waals surface area contributed by atoms with E-state index in [-0.39, 0.29) is 0 Å². The van der Waals surface area contributed by atoms with Gasteiger partial charge in [-0.25, -0.2) is 4.98 Å². The van der Waals surface area contributed by atoms with E-state index in [1.165, 1.54) is 5.56 Å². The van der Waals surface area contributed by atoms with Crippen LogP contribution >= 0.6 is 0 Å². The molecule has 0 atom stereocenters. The number of nitrogens with one attached hydrogen (secondary N) is 1. The summed E-state index contributed by atoms with van der Waals surface area (Å²) in [7, 11) is 0. The predicted molar refractivity (Wildman–Crippen MR) is 124 cm³/mol. The first-order valence-corrected chi connectivity index (χ1v) is 10.4. The molecular formula is C24H24N6O. The molecule has 0 bridgehead atoms. The molecule has 31 heavy (non-hydrogen) atoms. The number of aryl methyl sites for hydroxylation is 1. The fourth-order valence-electron chi connectivity index (χ4n) is 3.68. The van der Waals surface area contributed by atoms with Crippen molar-refractivity contribution in [2.75, 3.05) is 36.6 Å². The Labute approximate surface area is 181 Å². The molecule has 7 heteroatoms. The SMILES string of the molecule is Cc1ccccc1C=NNc1cc(N2CCOCC2)n2nc(-c3ccccc3)cc2n1. The minimum absolute atomic E-state index is 0.679. The molecule has 0 saturated carbocycles. The van der Waals surface area contributed by atoms with Gasteiger partial charge in [0.15, 0.2) is 11.5 Å². The van der Waals surface area contributed by atoms with Crippen LogP contribution in [0.4, 0.5) is 11.6 Å². The van der Waals surface area contributed by atoms with Crippen LogP contribution in [0.1, 0.15) is 11.1 Å². The second kappa shape index (κ2) is 8.57. The monoisotopic (exact) mass is 412 g/mol. The predicted octanol–water partition coefficient (Wildman–Crippen LogP) is 3.99. The lowest BCUT2D eigenvalue weighted by Gasteiger charge is -2.29. The van der Waals surface area contributed by atoms with Gasteiger partial charge in [-0.1, -0.05) is 54.6 Å². The van der Waals surface area contributed by atoms with Crippen LogP contribution in [0.15, 0.2) is 71.8 Å². The lowest BCUT2D eigenvalue weighted by Crippen LogP contribution is -2.37. The molecule has 0 amide bonds. The highest BCUT2D eigenvalue weighted by molar-refractivity contribution is 5.82. The van der Waals surface area contributed by atoms with Gasteiger partial charge < -0.3 is 9.64 Å². The number of hydrogen-bond donors (Lipinski definition) is 1. The lowest BCUT2D eigenvalue weighted by atomic mass is 10.1. The zero-order valence-corrected chi connectivity index (χ0v) is 17.4. The van der Waals surface area contributed by atoms with Gasteiger partial charge in [-0.3, -0.25) is 5.43 Å². The number of morpholine rings is 1. The summed E-state index contributed by atoms with van der Waals surface area (Å²) in [5, 5.41) is 9.26. The Morgan fingerprint density at radius 1 is 1.00 bits per heavy atom. The standard InChI is InChI=1S/C24H24N6O/c1-18-7-5-6-10-20(18)17-25-27-22-16-24(29-11-13-31-14-12-29)30-23(26-22)15-21(28-30)19-8-3-2-4-9-19/h2-10,15-17H,11-14H2,1H3,(H,26,27). The van der Waals surface area contributed by atoms with E-state index >= 15 is 0 Å². The maximum Gasteiger partial charge on any atom is 0.160 e. The highest BCUT2D eigenvalue weighted by Crippen LogP contribution is 2.25. The second-order valence-electron chi connectivity index (χ2n) is 7.49. The summed E-state index contributed by atoms with van der Waals surface area (Å²) in [6.45, 7) is 5.09. The van der Waals surface area contributed by atoms with E-state index in [4.69, 9.17) is 14.8 Å². The van der Waals surface area contributed by atoms with Crippen LogP contribution < -0.4 is 10.3 Å². The molecule has 3 heterocycles. The van der Waals surface area contributed by atoms with Crippen molar-refractivity contribution in [2.24, 2.45) is 5.10 Å². The number of anilines is 2. The Morgan fingerprint density at radius 2 is 1.77 bits per heavy atom. The van der Waals surface area contributed by atoms with Gasteiger partial charge in [0.05, 0.1) is 25.1 Å². The van der Waals surface area contributed by atoms with Gasteiger partial charge in [0.1, 0.15) is 5.82 Å². The highest BCUT2D eigenvalue weighted by Gasteiger charge is 2.18. The van der Waals surface area contributed by atoms with Crippen molar-refractivity contribution in [3.8, 4) is 11.3 Å². The number of ether oxygens (including phenoxy) is 1. The molecule has 2 aromatic carbocycles. The van der Waals surface area contributed by atoms with Crippen LogP contribution in [0.3, 0.4) is 0 Å². The van der Waals surface area contributed by atoms with Crippen molar-refractivity contribution in [3.05, 3.63) is 77.9 Å². The fraction of sp³-hybridized carbons (Fsp3) is 0.208. The zero-order valence-electron chi connectivity index (χ0n) is 17.4. The minimum atomic E-state index is 0.679. The van der Waals surface area contributed by atoms with E-state index in [1.54, 1.807) is 0 Å². The third-order valence-electron chi connectivity index (χ3n) is 5.38.